The first kappa shape index (κ1) is 9.28. The van der Waals surface area contributed by atoms with Crippen LogP contribution in [0.5, 0.6) is 0 Å². The van der Waals surface area contributed by atoms with Gasteiger partial charge in [-0.15, -0.1) is 0 Å². The zero-order valence-electron chi connectivity index (χ0n) is 9.27. The molecule has 80 valence electrons. The van der Waals surface area contributed by atoms with E-state index >= 15 is 0 Å². The van der Waals surface area contributed by atoms with Gasteiger partial charge in [0.1, 0.15) is 0 Å². The van der Waals surface area contributed by atoms with Crippen LogP contribution in [0.25, 0.3) is 11.1 Å². The molecule has 0 aliphatic carbocycles. The van der Waals surface area contributed by atoms with Gasteiger partial charge in [0.25, 0.3) is 0 Å². The number of nitrogens with two attached hydrogens (primary N) is 1. The van der Waals surface area contributed by atoms with E-state index in [9.17, 15) is 0 Å². The van der Waals surface area contributed by atoms with Gasteiger partial charge in [-0.1, -0.05) is 24.3 Å². The number of benzene rings is 2. The molecule has 1 aliphatic rings. The molecule has 16 heavy (non-hydrogen) atoms. The lowest BCUT2D eigenvalue weighted by molar-refractivity contribution is 0.911. The minimum absolute atomic E-state index is 0.823. The Kier molecular flexibility index (Phi) is 1.90. The second-order valence-corrected chi connectivity index (χ2v) is 4.29. The highest BCUT2D eigenvalue weighted by Crippen LogP contribution is 2.39. The summed E-state index contributed by atoms with van der Waals surface area (Å²) in [6.45, 7) is 0.965. The zero-order chi connectivity index (χ0) is 11.1. The third kappa shape index (κ3) is 1.27. The largest absolute Gasteiger partial charge is 0.399 e. The predicted octanol–water partition coefficient (Wildman–Crippen LogP) is 2.89. The number of anilines is 2. The van der Waals surface area contributed by atoms with E-state index in [2.05, 4.69) is 48.3 Å². The van der Waals surface area contributed by atoms with E-state index in [0.717, 1.165) is 12.2 Å². The smallest absolute Gasteiger partial charge is 0.0447 e. The van der Waals surface area contributed by atoms with E-state index in [-0.39, 0.29) is 0 Å². The normalized spacial score (nSPS) is 13.2. The molecule has 0 amide bonds. The van der Waals surface area contributed by atoms with Crippen molar-refractivity contribution in [2.45, 2.75) is 6.54 Å². The molecule has 3 rings (SSSR count). The highest BCUT2D eigenvalue weighted by molar-refractivity contribution is 5.85. The minimum Gasteiger partial charge on any atom is -0.399 e. The van der Waals surface area contributed by atoms with Crippen LogP contribution in [0.15, 0.2) is 42.5 Å². The van der Waals surface area contributed by atoms with E-state index in [1.165, 1.54) is 22.4 Å². The van der Waals surface area contributed by atoms with Crippen LogP contribution >= 0.6 is 0 Å². The molecular formula is C14H14N2. The van der Waals surface area contributed by atoms with Crippen LogP contribution in [0.4, 0.5) is 11.4 Å². The average Bonchev–Trinajstić information content (AvgIpc) is 2.29. The average molecular weight is 210 g/mol. The van der Waals surface area contributed by atoms with Gasteiger partial charge in [-0.05, 0) is 29.3 Å². The molecule has 2 aromatic carbocycles. The molecule has 2 aromatic rings. The molecule has 0 saturated carbocycles. The molecule has 2 nitrogen and oxygen atoms in total. The molecule has 0 bridgehead atoms. The lowest BCUT2D eigenvalue weighted by atomic mass is 9.93. The van der Waals surface area contributed by atoms with Crippen molar-refractivity contribution < 1.29 is 0 Å². The van der Waals surface area contributed by atoms with E-state index in [1.54, 1.807) is 0 Å². The van der Waals surface area contributed by atoms with Crippen molar-refractivity contribution in [1.29, 1.82) is 0 Å². The fraction of sp³-hybridized carbons (Fsp3) is 0.143. The molecule has 0 atom stereocenters. The van der Waals surface area contributed by atoms with E-state index in [1.807, 2.05) is 6.07 Å². The molecule has 0 fully saturated rings. The fourth-order valence-electron chi connectivity index (χ4n) is 2.36. The van der Waals surface area contributed by atoms with Crippen LogP contribution in [0.3, 0.4) is 0 Å². The van der Waals surface area contributed by atoms with Gasteiger partial charge in [0, 0.05) is 30.5 Å². The van der Waals surface area contributed by atoms with Gasteiger partial charge in [-0.3, -0.25) is 0 Å². The predicted molar refractivity (Wildman–Crippen MR) is 68.4 cm³/mol. The third-order valence-corrected chi connectivity index (χ3v) is 3.15. The second-order valence-electron chi connectivity index (χ2n) is 4.29. The van der Waals surface area contributed by atoms with Crippen molar-refractivity contribution in [3.63, 3.8) is 0 Å². The minimum atomic E-state index is 0.823. The zero-order valence-corrected chi connectivity index (χ0v) is 9.27. The van der Waals surface area contributed by atoms with E-state index < -0.39 is 0 Å². The number of nitrogen functional groups attached to an aromatic ring is 1. The maximum Gasteiger partial charge on any atom is 0.0447 e. The summed E-state index contributed by atoms with van der Waals surface area (Å²) in [5.41, 5.74) is 11.9. The molecule has 0 spiro atoms. The van der Waals surface area contributed by atoms with Crippen molar-refractivity contribution in [1.82, 2.24) is 0 Å². The SMILES string of the molecule is CN1Cc2ccccc2-c2cc(N)ccc21. The van der Waals surface area contributed by atoms with Crippen molar-refractivity contribution in [3.8, 4) is 11.1 Å². The summed E-state index contributed by atoms with van der Waals surface area (Å²) in [5, 5.41) is 0. The Bertz CT molecular complexity index is 546. The molecular weight excluding hydrogens is 196 g/mol. The Morgan fingerprint density at radius 2 is 1.88 bits per heavy atom. The first-order chi connectivity index (χ1) is 7.75. The van der Waals surface area contributed by atoms with Gasteiger partial charge < -0.3 is 10.6 Å². The quantitative estimate of drug-likeness (QED) is 0.677. The monoisotopic (exact) mass is 210 g/mol. The lowest BCUT2D eigenvalue weighted by Gasteiger charge is -2.29. The van der Waals surface area contributed by atoms with Crippen molar-refractivity contribution >= 4 is 11.4 Å². The Morgan fingerprint density at radius 3 is 2.75 bits per heavy atom. The van der Waals surface area contributed by atoms with Gasteiger partial charge in [-0.25, -0.2) is 0 Å². The summed E-state index contributed by atoms with van der Waals surface area (Å²) in [6, 6.07) is 14.6. The summed E-state index contributed by atoms with van der Waals surface area (Å²) in [7, 11) is 2.12. The van der Waals surface area contributed by atoms with Crippen LogP contribution in [-0.2, 0) is 6.54 Å². The van der Waals surface area contributed by atoms with Gasteiger partial charge in [0.2, 0.25) is 0 Å². The van der Waals surface area contributed by atoms with Crippen molar-refractivity contribution in [3.05, 3.63) is 48.0 Å². The van der Waals surface area contributed by atoms with E-state index in [0.29, 0.717) is 0 Å². The molecule has 0 unspecified atom stereocenters. The highest BCUT2D eigenvalue weighted by Gasteiger charge is 2.18. The number of hydrogen-bond donors (Lipinski definition) is 1. The Hall–Kier alpha value is -1.96. The second kappa shape index (κ2) is 3.27. The number of nitrogens with zero attached hydrogens (tertiary/aromatic N) is 1. The van der Waals surface area contributed by atoms with Crippen LogP contribution in [0.1, 0.15) is 5.56 Å². The highest BCUT2D eigenvalue weighted by atomic mass is 15.1. The standard InChI is InChI=1S/C14H14N2/c1-16-9-10-4-2-3-5-12(10)13-8-11(15)6-7-14(13)16/h2-8H,9,15H2,1H3. The van der Waals surface area contributed by atoms with E-state index in [4.69, 9.17) is 5.73 Å². The molecule has 2 N–H and O–H groups in total. The molecule has 0 saturated heterocycles. The molecule has 0 radical (unpaired) electrons. The molecule has 1 aliphatic heterocycles. The van der Waals surface area contributed by atoms with Crippen molar-refractivity contribution in [2.24, 2.45) is 0 Å². The summed E-state index contributed by atoms with van der Waals surface area (Å²) in [6.07, 6.45) is 0. The van der Waals surface area contributed by atoms with Crippen LogP contribution in [-0.4, -0.2) is 7.05 Å². The number of hydrogen-bond acceptors (Lipinski definition) is 2. The first-order valence-electron chi connectivity index (χ1n) is 5.44. The van der Waals surface area contributed by atoms with Gasteiger partial charge in [0.15, 0.2) is 0 Å². The third-order valence-electron chi connectivity index (χ3n) is 3.15. The lowest BCUT2D eigenvalue weighted by Crippen LogP contribution is -2.21. The van der Waals surface area contributed by atoms with Gasteiger partial charge in [0.05, 0.1) is 0 Å². The Morgan fingerprint density at radius 1 is 1.06 bits per heavy atom. The Labute approximate surface area is 95.3 Å². The maximum absolute atomic E-state index is 5.87. The fourth-order valence-corrected chi connectivity index (χ4v) is 2.36. The van der Waals surface area contributed by atoms with Crippen molar-refractivity contribution in [2.75, 3.05) is 17.7 Å². The Balaban J connectivity index is 2.30. The number of rotatable bonds is 0. The van der Waals surface area contributed by atoms with Gasteiger partial charge >= 0.3 is 0 Å². The number of fused-ring (bicyclic) bond motifs is 3. The summed E-state index contributed by atoms with van der Waals surface area (Å²) >= 11 is 0. The van der Waals surface area contributed by atoms with Crippen LogP contribution in [0.2, 0.25) is 0 Å². The van der Waals surface area contributed by atoms with Crippen LogP contribution in [0, 0.1) is 0 Å². The van der Waals surface area contributed by atoms with Crippen LogP contribution < -0.4 is 10.6 Å². The first-order valence-corrected chi connectivity index (χ1v) is 5.44. The molecule has 1 heterocycles. The topological polar surface area (TPSA) is 29.3 Å². The molecule has 2 heteroatoms. The summed E-state index contributed by atoms with van der Waals surface area (Å²) < 4.78 is 0. The maximum atomic E-state index is 5.87. The summed E-state index contributed by atoms with van der Waals surface area (Å²) in [4.78, 5) is 2.26. The van der Waals surface area contributed by atoms with Gasteiger partial charge in [-0.2, -0.15) is 0 Å². The summed E-state index contributed by atoms with van der Waals surface area (Å²) in [5.74, 6) is 0. The molecule has 0 aromatic heterocycles.